The molecule has 8 nitrogen and oxygen atoms in total. The van der Waals surface area contributed by atoms with E-state index < -0.39 is 23.8 Å². The maximum atomic E-state index is 13.2. The fourth-order valence-corrected chi connectivity index (χ4v) is 4.96. The summed E-state index contributed by atoms with van der Waals surface area (Å²) in [5, 5.41) is 5.63. The van der Waals surface area contributed by atoms with Gasteiger partial charge in [-0.15, -0.1) is 0 Å². The first-order valence-electron chi connectivity index (χ1n) is 11.2. The van der Waals surface area contributed by atoms with Crippen LogP contribution in [0.2, 0.25) is 0 Å². The van der Waals surface area contributed by atoms with Crippen LogP contribution in [0.4, 0.5) is 5.69 Å². The van der Waals surface area contributed by atoms with Crippen LogP contribution in [0.25, 0.3) is 0 Å². The van der Waals surface area contributed by atoms with E-state index in [-0.39, 0.29) is 18.7 Å². The van der Waals surface area contributed by atoms with Crippen LogP contribution >= 0.6 is 0 Å². The third kappa shape index (κ3) is 4.08. The molecule has 0 bridgehead atoms. The first kappa shape index (κ1) is 21.5. The molecule has 1 saturated carbocycles. The molecule has 166 valence electrons. The fourth-order valence-electron chi connectivity index (χ4n) is 4.96. The second-order valence-electron chi connectivity index (χ2n) is 8.80. The lowest BCUT2D eigenvalue weighted by molar-refractivity contribution is -0.136. The van der Waals surface area contributed by atoms with Crippen molar-refractivity contribution in [3.63, 3.8) is 0 Å². The molecule has 1 atom stereocenters. The van der Waals surface area contributed by atoms with Gasteiger partial charge in [-0.2, -0.15) is 0 Å². The van der Waals surface area contributed by atoms with Gasteiger partial charge >= 0.3 is 0 Å². The third-order valence-corrected chi connectivity index (χ3v) is 6.99. The Kier molecular flexibility index (Phi) is 6.09. The van der Waals surface area contributed by atoms with E-state index in [9.17, 15) is 19.2 Å². The molecule has 1 aliphatic carbocycles. The molecule has 8 heteroatoms. The van der Waals surface area contributed by atoms with Crippen molar-refractivity contribution in [2.24, 2.45) is 5.92 Å². The number of benzene rings is 1. The van der Waals surface area contributed by atoms with Crippen molar-refractivity contribution >= 4 is 29.3 Å². The Hall–Kier alpha value is -2.74. The quantitative estimate of drug-likeness (QED) is 0.675. The largest absolute Gasteiger partial charge is 0.384 e. The molecular weight excluding hydrogens is 396 g/mol. The predicted octanol–water partition coefficient (Wildman–Crippen LogP) is 2.01. The molecule has 2 fully saturated rings. The number of fused-ring (bicyclic) bond motifs is 1. The number of imide groups is 2. The molecule has 1 aromatic carbocycles. The molecule has 2 N–H and O–H groups in total. The minimum absolute atomic E-state index is 0.116. The van der Waals surface area contributed by atoms with Crippen LogP contribution in [0.1, 0.15) is 66.2 Å². The molecule has 31 heavy (non-hydrogen) atoms. The highest BCUT2D eigenvalue weighted by atomic mass is 16.2. The first-order valence-corrected chi connectivity index (χ1v) is 11.2. The van der Waals surface area contributed by atoms with E-state index in [1.807, 2.05) is 6.07 Å². The van der Waals surface area contributed by atoms with Gasteiger partial charge in [0.2, 0.25) is 11.8 Å². The van der Waals surface area contributed by atoms with Gasteiger partial charge in [0.1, 0.15) is 6.04 Å². The standard InChI is InChI=1S/C23H30N4O4/c1-3-26(2)15-9-7-14(8-10-15)13-24-17-6-4-5-16-20(17)23(31)27(22(16)30)18-11-12-19(28)25-21(18)29/h4-6,14-15,18,24H,3,7-13H2,1-2H3,(H,25,28,29). The van der Waals surface area contributed by atoms with E-state index in [0.717, 1.165) is 30.8 Å². The first-order chi connectivity index (χ1) is 14.9. The molecule has 0 aromatic heterocycles. The number of rotatable bonds is 6. The van der Waals surface area contributed by atoms with Gasteiger partial charge < -0.3 is 10.2 Å². The van der Waals surface area contributed by atoms with Crippen LogP contribution in [0.3, 0.4) is 0 Å². The number of carbonyl (C=O) groups excluding carboxylic acids is 4. The highest BCUT2D eigenvalue weighted by Gasteiger charge is 2.45. The van der Waals surface area contributed by atoms with Crippen LogP contribution in [0, 0.1) is 5.92 Å². The van der Waals surface area contributed by atoms with Crippen molar-refractivity contribution in [2.45, 2.75) is 57.5 Å². The number of carbonyl (C=O) groups is 4. The lowest BCUT2D eigenvalue weighted by Gasteiger charge is -2.34. The summed E-state index contributed by atoms with van der Waals surface area (Å²) in [5.41, 5.74) is 1.28. The smallest absolute Gasteiger partial charge is 0.264 e. The Labute approximate surface area is 182 Å². The Balaban J connectivity index is 1.44. The van der Waals surface area contributed by atoms with Crippen LogP contribution < -0.4 is 10.6 Å². The van der Waals surface area contributed by atoms with Crippen molar-refractivity contribution in [2.75, 3.05) is 25.5 Å². The summed E-state index contributed by atoms with van der Waals surface area (Å²) < 4.78 is 0. The molecule has 2 heterocycles. The van der Waals surface area contributed by atoms with Gasteiger partial charge in [0.05, 0.1) is 11.1 Å². The topological polar surface area (TPSA) is 98.8 Å². The van der Waals surface area contributed by atoms with E-state index in [2.05, 4.69) is 29.5 Å². The van der Waals surface area contributed by atoms with E-state index in [1.54, 1.807) is 12.1 Å². The average Bonchev–Trinajstić information content (AvgIpc) is 3.03. The van der Waals surface area contributed by atoms with Crippen LogP contribution in [-0.4, -0.2) is 65.6 Å². The Morgan fingerprint density at radius 2 is 1.81 bits per heavy atom. The number of nitrogens with zero attached hydrogens (tertiary/aromatic N) is 2. The summed E-state index contributed by atoms with van der Waals surface area (Å²) in [6.07, 6.45) is 4.88. The average molecular weight is 427 g/mol. The van der Waals surface area contributed by atoms with Crippen molar-refractivity contribution in [3.05, 3.63) is 29.3 Å². The van der Waals surface area contributed by atoms with Crippen LogP contribution in [0.5, 0.6) is 0 Å². The van der Waals surface area contributed by atoms with E-state index in [1.165, 1.54) is 12.8 Å². The monoisotopic (exact) mass is 426 g/mol. The van der Waals surface area contributed by atoms with Gasteiger partial charge in [-0.25, -0.2) is 0 Å². The number of nitrogens with one attached hydrogen (secondary N) is 2. The SMILES string of the molecule is CCN(C)C1CCC(CNc2cccc3c2C(=O)N(C2CCC(=O)NC2=O)C3=O)CC1. The van der Waals surface area contributed by atoms with Gasteiger partial charge in [-0.05, 0) is 63.7 Å². The molecular formula is C23H30N4O4. The Morgan fingerprint density at radius 1 is 1.06 bits per heavy atom. The van der Waals surface area contributed by atoms with Gasteiger partial charge in [0.25, 0.3) is 11.8 Å². The van der Waals surface area contributed by atoms with Gasteiger partial charge in [-0.3, -0.25) is 29.4 Å². The minimum Gasteiger partial charge on any atom is -0.384 e. The van der Waals surface area contributed by atoms with Crippen molar-refractivity contribution in [1.82, 2.24) is 15.1 Å². The van der Waals surface area contributed by atoms with Gasteiger partial charge in [0, 0.05) is 24.7 Å². The summed E-state index contributed by atoms with van der Waals surface area (Å²) in [5.74, 6) is -1.38. The summed E-state index contributed by atoms with van der Waals surface area (Å²) in [6, 6.07) is 4.90. The van der Waals surface area contributed by atoms with Crippen LogP contribution in [0.15, 0.2) is 18.2 Å². The molecule has 0 spiro atoms. The van der Waals surface area contributed by atoms with Crippen molar-refractivity contribution < 1.29 is 19.2 Å². The predicted molar refractivity (Wildman–Crippen MR) is 116 cm³/mol. The number of piperidine rings is 1. The van der Waals surface area contributed by atoms with E-state index in [4.69, 9.17) is 0 Å². The van der Waals surface area contributed by atoms with Gasteiger partial charge in [-0.1, -0.05) is 13.0 Å². The number of amides is 4. The molecule has 1 aromatic rings. The molecule has 1 unspecified atom stereocenters. The highest BCUT2D eigenvalue weighted by molar-refractivity contribution is 6.25. The Bertz CT molecular complexity index is 907. The molecule has 3 aliphatic rings. The summed E-state index contributed by atoms with van der Waals surface area (Å²) in [4.78, 5) is 53.2. The lowest BCUT2D eigenvalue weighted by Crippen LogP contribution is -2.54. The van der Waals surface area contributed by atoms with Gasteiger partial charge in [0.15, 0.2) is 0 Å². The second kappa shape index (κ2) is 8.78. The maximum absolute atomic E-state index is 13.2. The molecule has 2 aliphatic heterocycles. The zero-order chi connectivity index (χ0) is 22.1. The zero-order valence-corrected chi connectivity index (χ0v) is 18.1. The zero-order valence-electron chi connectivity index (χ0n) is 18.1. The van der Waals surface area contributed by atoms with E-state index >= 15 is 0 Å². The minimum atomic E-state index is -0.941. The lowest BCUT2D eigenvalue weighted by atomic mass is 9.85. The Morgan fingerprint density at radius 3 is 2.48 bits per heavy atom. The molecule has 1 saturated heterocycles. The highest BCUT2D eigenvalue weighted by Crippen LogP contribution is 2.33. The fraction of sp³-hybridized carbons (Fsp3) is 0.565. The van der Waals surface area contributed by atoms with E-state index in [0.29, 0.717) is 28.8 Å². The molecule has 4 amide bonds. The van der Waals surface area contributed by atoms with Crippen LogP contribution in [-0.2, 0) is 9.59 Å². The molecule has 4 rings (SSSR count). The second-order valence-corrected chi connectivity index (χ2v) is 8.80. The van der Waals surface area contributed by atoms with Crippen molar-refractivity contribution in [3.8, 4) is 0 Å². The number of hydrogen-bond acceptors (Lipinski definition) is 6. The number of hydrogen-bond donors (Lipinski definition) is 2. The summed E-state index contributed by atoms with van der Waals surface area (Å²) in [7, 11) is 2.17. The summed E-state index contributed by atoms with van der Waals surface area (Å²) in [6.45, 7) is 3.99. The maximum Gasteiger partial charge on any atom is 0.264 e. The molecule has 0 radical (unpaired) electrons. The summed E-state index contributed by atoms with van der Waals surface area (Å²) >= 11 is 0. The number of anilines is 1. The normalized spacial score (nSPS) is 26.3. The third-order valence-electron chi connectivity index (χ3n) is 6.99. The van der Waals surface area contributed by atoms with Crippen molar-refractivity contribution in [1.29, 1.82) is 0 Å².